The largest absolute Gasteiger partial charge is 0.419 e. The summed E-state index contributed by atoms with van der Waals surface area (Å²) in [5.74, 6) is -1.18. The van der Waals surface area contributed by atoms with Crippen LogP contribution < -0.4 is 0 Å². The Morgan fingerprint density at radius 2 is 1.95 bits per heavy atom. The lowest BCUT2D eigenvalue weighted by atomic mass is 10.0. The summed E-state index contributed by atoms with van der Waals surface area (Å²) in [6.07, 6.45) is -5.81. The molecule has 1 saturated heterocycles. The molecule has 1 amide bonds. The van der Waals surface area contributed by atoms with Gasteiger partial charge < -0.3 is 10.0 Å². The number of sulfonamides is 1. The highest BCUT2D eigenvalue weighted by molar-refractivity contribution is 7.89. The van der Waals surface area contributed by atoms with Gasteiger partial charge in [-0.05, 0) is 0 Å². The monoisotopic (exact) mass is 318 g/mol. The fraction of sp³-hybridized carbons (Fsp3) is 0.900. The maximum Gasteiger partial charge on any atom is 0.419 e. The van der Waals surface area contributed by atoms with Gasteiger partial charge in [-0.25, -0.2) is 12.7 Å². The number of carbonyl (C=O) groups is 1. The number of hydrogen-bond acceptors (Lipinski definition) is 4. The fourth-order valence-corrected chi connectivity index (χ4v) is 2.59. The minimum Gasteiger partial charge on any atom is -0.379 e. The van der Waals surface area contributed by atoms with E-state index in [0.717, 1.165) is 9.21 Å². The molecule has 0 aromatic rings. The van der Waals surface area contributed by atoms with Gasteiger partial charge in [0, 0.05) is 33.5 Å². The number of amides is 1. The zero-order chi connectivity index (χ0) is 15.8. The Kier molecular flexibility index (Phi) is 4.72. The number of aliphatic hydroxyl groups is 1. The van der Waals surface area contributed by atoms with Gasteiger partial charge in [0.25, 0.3) is 0 Å². The van der Waals surface area contributed by atoms with Gasteiger partial charge in [0.05, 0.1) is 12.3 Å². The molecule has 0 aromatic heterocycles. The molecule has 0 radical (unpaired) electrons. The molecule has 1 aliphatic rings. The van der Waals surface area contributed by atoms with E-state index in [2.05, 4.69) is 0 Å². The molecule has 1 N–H and O–H groups in total. The lowest BCUT2D eigenvalue weighted by Gasteiger charge is -2.26. The van der Waals surface area contributed by atoms with E-state index in [-0.39, 0.29) is 6.54 Å². The second kappa shape index (κ2) is 5.49. The molecule has 1 unspecified atom stereocenters. The highest BCUT2D eigenvalue weighted by Crippen LogP contribution is 2.37. The van der Waals surface area contributed by atoms with E-state index in [4.69, 9.17) is 0 Å². The van der Waals surface area contributed by atoms with Crippen molar-refractivity contribution in [3.05, 3.63) is 0 Å². The molecule has 1 aliphatic heterocycles. The van der Waals surface area contributed by atoms with E-state index in [1.807, 2.05) is 0 Å². The Morgan fingerprint density at radius 1 is 1.40 bits per heavy atom. The molecule has 0 bridgehead atoms. The summed E-state index contributed by atoms with van der Waals surface area (Å²) in [4.78, 5) is 12.5. The quantitative estimate of drug-likeness (QED) is 0.778. The van der Waals surface area contributed by atoms with E-state index in [9.17, 15) is 31.5 Å². The molecule has 0 aromatic carbocycles. The fourth-order valence-electron chi connectivity index (χ4n) is 1.80. The summed E-state index contributed by atoms with van der Waals surface area (Å²) in [5, 5.41) is 9.42. The zero-order valence-corrected chi connectivity index (χ0v) is 12.0. The maximum atomic E-state index is 12.6. The first-order valence-corrected chi connectivity index (χ1v) is 7.47. The molecule has 0 spiro atoms. The van der Waals surface area contributed by atoms with Crippen LogP contribution in [0.25, 0.3) is 0 Å². The summed E-state index contributed by atoms with van der Waals surface area (Å²) in [6.45, 7) is -1.09. The number of rotatable bonds is 4. The zero-order valence-electron chi connectivity index (χ0n) is 11.1. The third-order valence-electron chi connectivity index (χ3n) is 3.26. The highest BCUT2D eigenvalue weighted by atomic mass is 32.2. The first-order chi connectivity index (χ1) is 8.89. The van der Waals surface area contributed by atoms with Crippen LogP contribution in [0.1, 0.15) is 12.8 Å². The van der Waals surface area contributed by atoms with Crippen LogP contribution in [-0.2, 0) is 14.8 Å². The van der Waals surface area contributed by atoms with Crippen molar-refractivity contribution in [2.45, 2.75) is 24.6 Å². The van der Waals surface area contributed by atoms with Crippen LogP contribution in [0.3, 0.4) is 0 Å². The molecule has 0 aliphatic carbocycles. The number of hydrogen-bond donors (Lipinski definition) is 1. The second-order valence-corrected chi connectivity index (χ2v) is 7.25. The van der Waals surface area contributed by atoms with Crippen LogP contribution in [0.5, 0.6) is 0 Å². The molecular formula is C10H17F3N2O4S. The minimum absolute atomic E-state index is 0.239. The van der Waals surface area contributed by atoms with Crippen molar-refractivity contribution in [3.8, 4) is 0 Å². The van der Waals surface area contributed by atoms with E-state index in [0.29, 0.717) is 0 Å². The molecule has 1 fully saturated rings. The minimum atomic E-state index is -4.81. The van der Waals surface area contributed by atoms with Crippen LogP contribution in [0, 0.1) is 0 Å². The first-order valence-electron chi connectivity index (χ1n) is 5.86. The molecule has 10 heteroatoms. The lowest BCUT2D eigenvalue weighted by molar-refractivity contribution is -0.253. The van der Waals surface area contributed by atoms with Crippen LogP contribution in [0.15, 0.2) is 0 Å². The summed E-state index contributed by atoms with van der Waals surface area (Å²) in [6, 6.07) is 0. The Morgan fingerprint density at radius 3 is 2.35 bits per heavy atom. The van der Waals surface area contributed by atoms with Crippen molar-refractivity contribution in [2.75, 3.05) is 32.9 Å². The molecule has 0 saturated carbocycles. The van der Waals surface area contributed by atoms with Crippen LogP contribution in [0.4, 0.5) is 13.2 Å². The van der Waals surface area contributed by atoms with Gasteiger partial charge in [-0.1, -0.05) is 0 Å². The van der Waals surface area contributed by atoms with Crippen molar-refractivity contribution in [1.29, 1.82) is 0 Å². The number of β-amino-alcohol motifs (C(OH)–C–C–N with tert-alkyl or cyclic N) is 1. The lowest BCUT2D eigenvalue weighted by Crippen LogP contribution is -2.48. The predicted octanol–water partition coefficient (Wildman–Crippen LogP) is -0.206. The molecular weight excluding hydrogens is 301 g/mol. The third kappa shape index (κ3) is 3.61. The first kappa shape index (κ1) is 17.2. The van der Waals surface area contributed by atoms with E-state index in [1.165, 1.54) is 14.1 Å². The average Bonchev–Trinajstić information content (AvgIpc) is 2.69. The molecule has 1 rings (SSSR count). The standard InChI is InChI=1S/C10H17F3N2O4S/c1-14(2)20(18,19)6-3-8(16)15-5-4-9(17,7-15)10(11,12)13/h17H,3-7H2,1-2H3. The van der Waals surface area contributed by atoms with Gasteiger partial charge in [-0.2, -0.15) is 13.2 Å². The summed E-state index contributed by atoms with van der Waals surface area (Å²) in [5.41, 5.74) is -2.90. The van der Waals surface area contributed by atoms with Gasteiger partial charge in [0.15, 0.2) is 5.60 Å². The average molecular weight is 318 g/mol. The Bertz CT molecular complexity index is 477. The molecule has 6 nitrogen and oxygen atoms in total. The van der Waals surface area contributed by atoms with Crippen molar-refractivity contribution in [2.24, 2.45) is 0 Å². The number of alkyl halides is 3. The second-order valence-electron chi connectivity index (χ2n) is 4.94. The summed E-state index contributed by atoms with van der Waals surface area (Å²) < 4.78 is 61.6. The van der Waals surface area contributed by atoms with Gasteiger partial charge in [0.2, 0.25) is 15.9 Å². The van der Waals surface area contributed by atoms with Gasteiger partial charge >= 0.3 is 6.18 Å². The summed E-state index contributed by atoms with van der Waals surface area (Å²) in [7, 11) is -0.972. The smallest absolute Gasteiger partial charge is 0.379 e. The van der Waals surface area contributed by atoms with Crippen molar-refractivity contribution in [1.82, 2.24) is 9.21 Å². The molecule has 118 valence electrons. The number of likely N-dealkylation sites (tertiary alicyclic amines) is 1. The Hall–Kier alpha value is -0.870. The number of nitrogens with zero attached hydrogens (tertiary/aromatic N) is 2. The van der Waals surface area contributed by atoms with Crippen LogP contribution in [-0.4, -0.2) is 73.4 Å². The van der Waals surface area contributed by atoms with Gasteiger partial charge in [0.1, 0.15) is 0 Å². The molecule has 1 heterocycles. The maximum absolute atomic E-state index is 12.6. The van der Waals surface area contributed by atoms with Crippen molar-refractivity contribution < 1.29 is 31.5 Å². The van der Waals surface area contributed by atoms with Gasteiger partial charge in [-0.3, -0.25) is 4.79 Å². The number of carbonyl (C=O) groups excluding carboxylic acids is 1. The van der Waals surface area contributed by atoms with Crippen molar-refractivity contribution >= 4 is 15.9 Å². The summed E-state index contributed by atoms with van der Waals surface area (Å²) >= 11 is 0. The normalized spacial score (nSPS) is 24.4. The highest BCUT2D eigenvalue weighted by Gasteiger charge is 2.57. The Labute approximate surface area is 115 Å². The molecule has 20 heavy (non-hydrogen) atoms. The van der Waals surface area contributed by atoms with E-state index < -0.39 is 52.8 Å². The number of halogens is 3. The Balaban J connectivity index is 2.60. The van der Waals surface area contributed by atoms with E-state index >= 15 is 0 Å². The third-order valence-corrected chi connectivity index (χ3v) is 5.09. The van der Waals surface area contributed by atoms with Crippen LogP contribution in [0.2, 0.25) is 0 Å². The predicted molar refractivity (Wildman–Crippen MR) is 64.3 cm³/mol. The van der Waals surface area contributed by atoms with E-state index in [1.54, 1.807) is 0 Å². The topological polar surface area (TPSA) is 77.9 Å². The SMILES string of the molecule is CN(C)S(=O)(=O)CCC(=O)N1CCC(O)(C(F)(F)F)C1. The van der Waals surface area contributed by atoms with Gasteiger partial charge in [-0.15, -0.1) is 0 Å². The van der Waals surface area contributed by atoms with Crippen molar-refractivity contribution in [3.63, 3.8) is 0 Å². The van der Waals surface area contributed by atoms with Crippen LogP contribution >= 0.6 is 0 Å². The molecule has 1 atom stereocenters.